The number of amides is 1. The van der Waals surface area contributed by atoms with Crippen LogP contribution in [0.2, 0.25) is 0 Å². The fraction of sp³-hybridized carbons (Fsp3) is 0.923. The van der Waals surface area contributed by atoms with Crippen LogP contribution in [0.5, 0.6) is 0 Å². The van der Waals surface area contributed by atoms with Crippen molar-refractivity contribution >= 4 is 5.91 Å². The summed E-state index contributed by atoms with van der Waals surface area (Å²) < 4.78 is 0. The van der Waals surface area contributed by atoms with E-state index in [1.165, 1.54) is 0 Å². The highest BCUT2D eigenvalue weighted by atomic mass is 16.3. The highest BCUT2D eigenvalue weighted by Gasteiger charge is 2.27. The van der Waals surface area contributed by atoms with E-state index in [-0.39, 0.29) is 12.0 Å². The van der Waals surface area contributed by atoms with Gasteiger partial charge in [0.25, 0.3) is 0 Å². The Balaban J connectivity index is 2.28. The molecule has 0 aromatic heterocycles. The Morgan fingerprint density at radius 3 is 2.41 bits per heavy atom. The Morgan fingerprint density at radius 2 is 1.88 bits per heavy atom. The van der Waals surface area contributed by atoms with Gasteiger partial charge in [0.05, 0.1) is 11.6 Å². The fourth-order valence-electron chi connectivity index (χ4n) is 2.33. The molecule has 0 aliphatic heterocycles. The molecule has 1 saturated carbocycles. The Labute approximate surface area is 104 Å². The number of aliphatic hydroxyl groups is 1. The van der Waals surface area contributed by atoms with Crippen molar-refractivity contribution in [3.8, 4) is 0 Å². The molecule has 0 radical (unpaired) electrons. The average Bonchev–Trinajstić information content (AvgIpc) is 2.27. The maximum absolute atomic E-state index is 11.9. The first-order chi connectivity index (χ1) is 7.95. The zero-order chi connectivity index (χ0) is 12.9. The van der Waals surface area contributed by atoms with E-state index in [0.717, 1.165) is 38.8 Å². The molecule has 1 aliphatic rings. The van der Waals surface area contributed by atoms with Crippen molar-refractivity contribution in [1.82, 2.24) is 10.6 Å². The zero-order valence-corrected chi connectivity index (χ0v) is 11.3. The lowest BCUT2D eigenvalue weighted by molar-refractivity contribution is -0.126. The van der Waals surface area contributed by atoms with Crippen molar-refractivity contribution in [3.05, 3.63) is 0 Å². The number of rotatable bonds is 5. The third-order valence-electron chi connectivity index (χ3n) is 3.55. The van der Waals surface area contributed by atoms with E-state index in [1.54, 1.807) is 0 Å². The summed E-state index contributed by atoms with van der Waals surface area (Å²) in [6.45, 7) is 7.32. The molecule has 0 heterocycles. The van der Waals surface area contributed by atoms with Gasteiger partial charge in [-0.15, -0.1) is 0 Å². The second-order valence-corrected chi connectivity index (χ2v) is 5.54. The van der Waals surface area contributed by atoms with Crippen LogP contribution in [0.15, 0.2) is 0 Å². The number of likely N-dealkylation sites (N-methyl/N-ethyl adjacent to an activating group) is 1. The summed E-state index contributed by atoms with van der Waals surface area (Å²) in [5.41, 5.74) is -0.497. The molecule has 0 unspecified atom stereocenters. The molecule has 0 spiro atoms. The zero-order valence-electron chi connectivity index (χ0n) is 11.3. The SMILES string of the molecule is CCNC(C)(C)C(=O)NCC1CCC(O)CC1. The van der Waals surface area contributed by atoms with Crippen LogP contribution in [0.4, 0.5) is 0 Å². The number of hydrogen-bond donors (Lipinski definition) is 3. The summed E-state index contributed by atoms with van der Waals surface area (Å²) in [7, 11) is 0. The Bertz CT molecular complexity index is 246. The molecular formula is C13H26N2O2. The number of nitrogens with one attached hydrogen (secondary N) is 2. The summed E-state index contributed by atoms with van der Waals surface area (Å²) >= 11 is 0. The van der Waals surface area contributed by atoms with E-state index in [9.17, 15) is 9.90 Å². The maximum atomic E-state index is 11.9. The molecule has 4 nitrogen and oxygen atoms in total. The molecule has 1 aliphatic carbocycles. The largest absolute Gasteiger partial charge is 0.393 e. The van der Waals surface area contributed by atoms with Gasteiger partial charge in [0.15, 0.2) is 0 Å². The van der Waals surface area contributed by atoms with E-state index >= 15 is 0 Å². The third-order valence-corrected chi connectivity index (χ3v) is 3.55. The third kappa shape index (κ3) is 4.64. The van der Waals surface area contributed by atoms with Gasteiger partial charge in [-0.25, -0.2) is 0 Å². The summed E-state index contributed by atoms with van der Waals surface area (Å²) in [4.78, 5) is 11.9. The fourth-order valence-corrected chi connectivity index (χ4v) is 2.33. The molecule has 1 rings (SSSR count). The van der Waals surface area contributed by atoms with Crippen molar-refractivity contribution in [3.63, 3.8) is 0 Å². The Hall–Kier alpha value is -0.610. The van der Waals surface area contributed by atoms with Gasteiger partial charge in [0.2, 0.25) is 5.91 Å². The minimum Gasteiger partial charge on any atom is -0.393 e. The lowest BCUT2D eigenvalue weighted by Gasteiger charge is -2.28. The van der Waals surface area contributed by atoms with Crippen molar-refractivity contribution < 1.29 is 9.90 Å². The van der Waals surface area contributed by atoms with Gasteiger partial charge in [0, 0.05) is 6.54 Å². The minimum atomic E-state index is -0.497. The van der Waals surface area contributed by atoms with Crippen molar-refractivity contribution in [2.75, 3.05) is 13.1 Å². The predicted molar refractivity (Wildman–Crippen MR) is 68.7 cm³/mol. The van der Waals surface area contributed by atoms with Crippen molar-refractivity contribution in [2.45, 2.75) is 58.1 Å². The molecule has 1 amide bonds. The number of hydrogen-bond acceptors (Lipinski definition) is 3. The van der Waals surface area contributed by atoms with Gasteiger partial charge in [-0.1, -0.05) is 6.92 Å². The number of carbonyl (C=O) groups excluding carboxylic acids is 1. The van der Waals surface area contributed by atoms with E-state index in [2.05, 4.69) is 10.6 Å². The van der Waals surface area contributed by atoms with Gasteiger partial charge >= 0.3 is 0 Å². The van der Waals surface area contributed by atoms with Crippen molar-refractivity contribution in [2.24, 2.45) is 5.92 Å². The maximum Gasteiger partial charge on any atom is 0.239 e. The molecule has 0 aromatic carbocycles. The molecule has 0 saturated heterocycles. The molecule has 4 heteroatoms. The second-order valence-electron chi connectivity index (χ2n) is 5.54. The van der Waals surface area contributed by atoms with E-state index in [0.29, 0.717) is 5.92 Å². The van der Waals surface area contributed by atoms with Crippen LogP contribution < -0.4 is 10.6 Å². The van der Waals surface area contributed by atoms with Crippen molar-refractivity contribution in [1.29, 1.82) is 0 Å². The highest BCUT2D eigenvalue weighted by molar-refractivity contribution is 5.85. The smallest absolute Gasteiger partial charge is 0.239 e. The van der Waals surface area contributed by atoms with Crippen LogP contribution >= 0.6 is 0 Å². The number of aliphatic hydroxyl groups excluding tert-OH is 1. The van der Waals surface area contributed by atoms with Gasteiger partial charge in [-0.05, 0) is 52.0 Å². The van der Waals surface area contributed by atoms with E-state index < -0.39 is 5.54 Å². The second kappa shape index (κ2) is 6.36. The highest BCUT2D eigenvalue weighted by Crippen LogP contribution is 2.23. The standard InChI is InChI=1S/C13H26N2O2/c1-4-15-13(2,3)12(17)14-9-10-5-7-11(16)8-6-10/h10-11,15-16H,4-9H2,1-3H3,(H,14,17). The normalized spacial score (nSPS) is 25.6. The van der Waals surface area contributed by atoms with Crippen LogP contribution in [-0.2, 0) is 4.79 Å². The lowest BCUT2D eigenvalue weighted by Crippen LogP contribution is -2.53. The number of carbonyl (C=O) groups is 1. The summed E-state index contributed by atoms with van der Waals surface area (Å²) in [6, 6.07) is 0. The average molecular weight is 242 g/mol. The van der Waals surface area contributed by atoms with Crippen LogP contribution in [0.1, 0.15) is 46.5 Å². The van der Waals surface area contributed by atoms with Crippen LogP contribution in [0.25, 0.3) is 0 Å². The molecular weight excluding hydrogens is 216 g/mol. The summed E-state index contributed by atoms with van der Waals surface area (Å²) in [5, 5.41) is 15.6. The summed E-state index contributed by atoms with van der Waals surface area (Å²) in [6.07, 6.45) is 3.65. The molecule has 100 valence electrons. The molecule has 1 fully saturated rings. The van der Waals surface area contributed by atoms with Gasteiger partial charge in [-0.3, -0.25) is 4.79 Å². The first-order valence-corrected chi connectivity index (χ1v) is 6.67. The molecule has 0 aromatic rings. The molecule has 3 N–H and O–H groups in total. The molecule has 17 heavy (non-hydrogen) atoms. The van der Waals surface area contributed by atoms with Crippen LogP contribution in [-0.4, -0.2) is 35.7 Å². The van der Waals surface area contributed by atoms with Crippen LogP contribution in [0.3, 0.4) is 0 Å². The monoisotopic (exact) mass is 242 g/mol. The lowest BCUT2D eigenvalue weighted by atomic mass is 9.87. The molecule has 0 atom stereocenters. The molecule has 0 bridgehead atoms. The van der Waals surface area contributed by atoms with Crippen LogP contribution in [0, 0.1) is 5.92 Å². The van der Waals surface area contributed by atoms with Gasteiger partial charge in [0.1, 0.15) is 0 Å². The minimum absolute atomic E-state index is 0.0606. The topological polar surface area (TPSA) is 61.4 Å². The van der Waals surface area contributed by atoms with Gasteiger partial charge < -0.3 is 15.7 Å². The first kappa shape index (κ1) is 14.5. The van der Waals surface area contributed by atoms with E-state index in [1.807, 2.05) is 20.8 Å². The Kier molecular flexibility index (Phi) is 5.40. The quantitative estimate of drug-likeness (QED) is 0.675. The van der Waals surface area contributed by atoms with E-state index in [4.69, 9.17) is 0 Å². The Morgan fingerprint density at radius 1 is 1.29 bits per heavy atom. The first-order valence-electron chi connectivity index (χ1n) is 6.67. The predicted octanol–water partition coefficient (Wildman–Crippen LogP) is 1.04. The van der Waals surface area contributed by atoms with Gasteiger partial charge in [-0.2, -0.15) is 0 Å². The summed E-state index contributed by atoms with van der Waals surface area (Å²) in [5.74, 6) is 0.588.